The van der Waals surface area contributed by atoms with Gasteiger partial charge in [0.1, 0.15) is 23.6 Å². The van der Waals surface area contributed by atoms with Gasteiger partial charge in [-0.05, 0) is 56.0 Å². The number of hydrogen-bond acceptors (Lipinski definition) is 5. The van der Waals surface area contributed by atoms with Crippen LogP contribution in [0.15, 0.2) is 42.6 Å². The first-order valence-electron chi connectivity index (χ1n) is 9.74. The summed E-state index contributed by atoms with van der Waals surface area (Å²) in [7, 11) is 0. The van der Waals surface area contributed by atoms with Crippen molar-refractivity contribution >= 4 is 35.1 Å². The summed E-state index contributed by atoms with van der Waals surface area (Å²) in [5, 5.41) is 7.68. The fourth-order valence-corrected chi connectivity index (χ4v) is 3.54. The zero-order chi connectivity index (χ0) is 22.2. The Morgan fingerprint density at radius 2 is 1.97 bits per heavy atom. The van der Waals surface area contributed by atoms with E-state index in [0.717, 1.165) is 29.9 Å². The second-order valence-electron chi connectivity index (χ2n) is 7.71. The van der Waals surface area contributed by atoms with Crippen LogP contribution in [0.2, 0.25) is 0 Å². The minimum Gasteiger partial charge on any atom is -0.323 e. The number of carbonyl (C=O) groups is 4. The van der Waals surface area contributed by atoms with E-state index in [1.54, 1.807) is 19.1 Å². The number of hydrogen-bond donors (Lipinski definition) is 3. The summed E-state index contributed by atoms with van der Waals surface area (Å²) in [6.45, 7) is 1.12. The zero-order valence-electron chi connectivity index (χ0n) is 16.6. The topological polar surface area (TPSA) is 120 Å². The highest BCUT2D eigenvalue weighted by atomic mass is 19.1. The third-order valence-electron chi connectivity index (χ3n) is 5.40. The van der Waals surface area contributed by atoms with E-state index in [0.29, 0.717) is 0 Å². The average Bonchev–Trinajstić information content (AvgIpc) is 3.57. The van der Waals surface area contributed by atoms with Crippen LogP contribution in [-0.2, 0) is 9.59 Å². The van der Waals surface area contributed by atoms with Crippen molar-refractivity contribution in [3.05, 3.63) is 54.1 Å². The van der Waals surface area contributed by atoms with E-state index in [1.165, 1.54) is 18.3 Å². The smallest absolute Gasteiger partial charge is 0.323 e. The molecule has 2 aromatic rings. The molecule has 10 heteroatoms. The van der Waals surface area contributed by atoms with Gasteiger partial charge < -0.3 is 16.0 Å². The fraction of sp³-hybridized carbons (Fsp3) is 0.286. The molecule has 9 nitrogen and oxygen atoms in total. The van der Waals surface area contributed by atoms with Gasteiger partial charge in [0.15, 0.2) is 0 Å². The Labute approximate surface area is 177 Å². The number of urea groups is 1. The number of benzene rings is 1. The third kappa shape index (κ3) is 4.09. The van der Waals surface area contributed by atoms with Crippen molar-refractivity contribution in [2.24, 2.45) is 5.92 Å². The van der Waals surface area contributed by atoms with E-state index in [4.69, 9.17) is 0 Å². The second-order valence-corrected chi connectivity index (χ2v) is 7.71. The van der Waals surface area contributed by atoms with E-state index in [2.05, 4.69) is 20.9 Å². The van der Waals surface area contributed by atoms with Crippen LogP contribution in [0.3, 0.4) is 0 Å². The number of aromatic nitrogens is 1. The minimum absolute atomic E-state index is 0.00806. The first-order chi connectivity index (χ1) is 14.8. The molecular formula is C21H20FN5O4. The van der Waals surface area contributed by atoms with E-state index in [9.17, 15) is 23.6 Å². The molecule has 0 radical (unpaired) electrons. The molecule has 3 N–H and O–H groups in total. The van der Waals surface area contributed by atoms with Crippen LogP contribution in [0, 0.1) is 11.7 Å². The summed E-state index contributed by atoms with van der Waals surface area (Å²) in [4.78, 5) is 54.6. The Bertz CT molecular complexity index is 1070. The molecular weight excluding hydrogens is 405 g/mol. The van der Waals surface area contributed by atoms with Crippen LogP contribution >= 0.6 is 0 Å². The number of imide groups is 1. The Kier molecular flexibility index (Phi) is 5.14. The number of halogens is 1. The molecule has 2 aliphatic rings. The summed E-state index contributed by atoms with van der Waals surface area (Å²) in [6.07, 6.45) is 3.13. The molecule has 2 fully saturated rings. The number of nitrogens with one attached hydrogen (secondary N) is 3. The van der Waals surface area contributed by atoms with Gasteiger partial charge in [0.2, 0.25) is 5.91 Å². The number of nitrogens with zero attached hydrogens (tertiary/aromatic N) is 2. The Morgan fingerprint density at radius 1 is 1.19 bits per heavy atom. The molecule has 5 amide bonds. The maximum absolute atomic E-state index is 13.8. The summed E-state index contributed by atoms with van der Waals surface area (Å²) in [5.74, 6) is -2.28. The number of anilines is 2. The summed E-state index contributed by atoms with van der Waals surface area (Å²) in [5.41, 5.74) is -0.725. The largest absolute Gasteiger partial charge is 0.325 e. The maximum Gasteiger partial charge on any atom is 0.325 e. The predicted octanol–water partition coefficient (Wildman–Crippen LogP) is 2.13. The van der Waals surface area contributed by atoms with Crippen molar-refractivity contribution in [1.82, 2.24) is 15.2 Å². The van der Waals surface area contributed by atoms with Crippen molar-refractivity contribution in [1.29, 1.82) is 0 Å². The van der Waals surface area contributed by atoms with E-state index < -0.39 is 41.7 Å². The van der Waals surface area contributed by atoms with Crippen LogP contribution in [0.4, 0.5) is 20.6 Å². The van der Waals surface area contributed by atoms with E-state index in [1.807, 2.05) is 0 Å². The van der Waals surface area contributed by atoms with Crippen molar-refractivity contribution < 1.29 is 23.6 Å². The molecule has 4 rings (SSSR count). The molecule has 1 aliphatic carbocycles. The van der Waals surface area contributed by atoms with Crippen LogP contribution in [0.25, 0.3) is 0 Å². The van der Waals surface area contributed by atoms with Crippen molar-refractivity contribution in [3.63, 3.8) is 0 Å². The van der Waals surface area contributed by atoms with Gasteiger partial charge in [-0.1, -0.05) is 6.07 Å². The Balaban J connectivity index is 1.47. The minimum atomic E-state index is -1.00. The lowest BCUT2D eigenvalue weighted by atomic mass is 9.96. The highest BCUT2D eigenvalue weighted by Crippen LogP contribution is 2.42. The standard InChI is InChI=1S/C21H20FN5O4/c1-21(12-5-6-12)19(30)27(20(31)26-21)11-17(28)24-16-10-13(22)7-8-14(16)25-18(29)15-4-2-3-9-23-15/h2-4,7-10,12H,5-6,11H2,1H3,(H,24,28)(H,25,29)(H,26,31). The molecule has 1 aromatic heterocycles. The lowest BCUT2D eigenvalue weighted by Crippen LogP contribution is -2.46. The lowest BCUT2D eigenvalue weighted by Gasteiger charge is -2.21. The molecule has 0 spiro atoms. The Hall–Kier alpha value is -3.82. The van der Waals surface area contributed by atoms with Crippen LogP contribution in [0.5, 0.6) is 0 Å². The van der Waals surface area contributed by atoms with Gasteiger partial charge in [0.05, 0.1) is 11.4 Å². The fourth-order valence-electron chi connectivity index (χ4n) is 3.54. The van der Waals surface area contributed by atoms with Gasteiger partial charge in [-0.3, -0.25) is 24.3 Å². The second kappa shape index (κ2) is 7.78. The van der Waals surface area contributed by atoms with Crippen molar-refractivity contribution in [2.75, 3.05) is 17.2 Å². The van der Waals surface area contributed by atoms with Gasteiger partial charge in [0.25, 0.3) is 11.8 Å². The molecule has 1 atom stereocenters. The molecule has 1 saturated heterocycles. The highest BCUT2D eigenvalue weighted by molar-refractivity contribution is 6.11. The molecule has 0 bridgehead atoms. The normalized spacial score (nSPS) is 20.4. The van der Waals surface area contributed by atoms with Gasteiger partial charge in [-0.25, -0.2) is 9.18 Å². The van der Waals surface area contributed by atoms with Crippen molar-refractivity contribution in [3.8, 4) is 0 Å². The van der Waals surface area contributed by atoms with Crippen molar-refractivity contribution in [2.45, 2.75) is 25.3 Å². The molecule has 31 heavy (non-hydrogen) atoms. The molecule has 2 heterocycles. The van der Waals surface area contributed by atoms with Gasteiger partial charge in [0, 0.05) is 6.20 Å². The van der Waals surface area contributed by atoms with Gasteiger partial charge >= 0.3 is 6.03 Å². The average molecular weight is 425 g/mol. The van der Waals surface area contributed by atoms with Crippen LogP contribution < -0.4 is 16.0 Å². The summed E-state index contributed by atoms with van der Waals surface area (Å²) in [6, 6.07) is 7.62. The number of pyridine rings is 1. The molecule has 1 saturated carbocycles. The van der Waals surface area contributed by atoms with E-state index >= 15 is 0 Å². The summed E-state index contributed by atoms with van der Waals surface area (Å²) < 4.78 is 13.8. The molecule has 160 valence electrons. The predicted molar refractivity (Wildman–Crippen MR) is 109 cm³/mol. The van der Waals surface area contributed by atoms with E-state index in [-0.39, 0.29) is 23.0 Å². The first kappa shape index (κ1) is 20.5. The lowest BCUT2D eigenvalue weighted by molar-refractivity contribution is -0.134. The van der Waals surface area contributed by atoms with Crippen LogP contribution in [0.1, 0.15) is 30.3 Å². The number of amides is 5. The number of rotatable bonds is 6. The molecule has 1 aliphatic heterocycles. The SMILES string of the molecule is CC1(C2CC2)NC(=O)N(CC(=O)Nc2cc(F)ccc2NC(=O)c2ccccn2)C1=O. The van der Waals surface area contributed by atoms with Gasteiger partial charge in [-0.15, -0.1) is 0 Å². The molecule has 1 aromatic carbocycles. The van der Waals surface area contributed by atoms with Gasteiger partial charge in [-0.2, -0.15) is 0 Å². The number of carbonyl (C=O) groups excluding carboxylic acids is 4. The summed E-state index contributed by atoms with van der Waals surface area (Å²) >= 11 is 0. The quantitative estimate of drug-likeness (QED) is 0.613. The first-order valence-corrected chi connectivity index (χ1v) is 9.74. The zero-order valence-corrected chi connectivity index (χ0v) is 16.6. The highest BCUT2D eigenvalue weighted by Gasteiger charge is 2.56. The maximum atomic E-state index is 13.8. The molecule has 1 unspecified atom stereocenters. The Morgan fingerprint density at radius 3 is 2.65 bits per heavy atom. The monoisotopic (exact) mass is 425 g/mol. The van der Waals surface area contributed by atoms with Crippen LogP contribution in [-0.4, -0.2) is 45.7 Å². The third-order valence-corrected chi connectivity index (χ3v) is 5.40.